The second-order valence-corrected chi connectivity index (χ2v) is 22.1. The van der Waals surface area contributed by atoms with Crippen LogP contribution >= 0.6 is 0 Å². The number of para-hydroxylation sites is 2. The number of benzene rings is 2. The number of aromatic hydroxyl groups is 2. The first-order valence-electron chi connectivity index (χ1n) is 16.2. The van der Waals surface area contributed by atoms with E-state index in [-0.39, 0.29) is 26.2 Å². The summed E-state index contributed by atoms with van der Waals surface area (Å²) >= 11 is 0. The van der Waals surface area contributed by atoms with Crippen LogP contribution in [0.4, 0.5) is 0 Å². The molecule has 2 aromatic rings. The minimum absolute atomic E-state index is 0. The number of phenolic OH excluding ortho intramolecular Hbond substituents is 2. The maximum Gasteiger partial charge on any atom is 0.189 e. The molecule has 4 N–H and O–H groups in total. The Kier molecular flexibility index (Phi) is 27.7. The summed E-state index contributed by atoms with van der Waals surface area (Å²) in [6.45, 7) is 26.7. The summed E-state index contributed by atoms with van der Waals surface area (Å²) in [5.41, 5.74) is 0. The van der Waals surface area contributed by atoms with Crippen LogP contribution < -0.4 is 0 Å². The SMILES string of the molecule is CC(C)C[Si](O)(CC(C)C)CC(C)C.CC(C)C[Si](O)(CC(C)C)CC(C)C.Oc1ccccc1.Oc1ccccc1.[Zr]. The molecule has 248 valence electrons. The molecule has 0 bridgehead atoms. The second-order valence-electron chi connectivity index (χ2n) is 14.7. The number of rotatable bonds is 12. The van der Waals surface area contributed by atoms with Crippen molar-refractivity contribution >= 4 is 16.6 Å². The average Bonchev–Trinajstić information content (AvgIpc) is 2.77. The predicted molar refractivity (Wildman–Crippen MR) is 190 cm³/mol. The smallest absolute Gasteiger partial charge is 0.189 e. The minimum Gasteiger partial charge on any atom is -0.508 e. The predicted octanol–water partition coefficient (Wildman–Crippen LogP) is 10.6. The van der Waals surface area contributed by atoms with Crippen LogP contribution in [0, 0.1) is 35.5 Å². The Hall–Kier alpha value is -0.723. The van der Waals surface area contributed by atoms with E-state index in [4.69, 9.17) is 10.2 Å². The van der Waals surface area contributed by atoms with Crippen molar-refractivity contribution in [3.05, 3.63) is 60.7 Å². The normalized spacial score (nSPS) is 11.4. The molecule has 0 aliphatic rings. The van der Waals surface area contributed by atoms with Crippen LogP contribution in [0.2, 0.25) is 36.3 Å². The van der Waals surface area contributed by atoms with Crippen LogP contribution in [-0.4, -0.2) is 36.4 Å². The average molecular weight is 712 g/mol. The van der Waals surface area contributed by atoms with Gasteiger partial charge in [0.2, 0.25) is 0 Å². The molecule has 4 nitrogen and oxygen atoms in total. The molecule has 0 amide bonds. The largest absolute Gasteiger partial charge is 0.508 e. The summed E-state index contributed by atoms with van der Waals surface area (Å²) < 4.78 is 0. The van der Waals surface area contributed by atoms with Gasteiger partial charge < -0.3 is 19.8 Å². The number of phenols is 2. The minimum atomic E-state index is -1.94. The van der Waals surface area contributed by atoms with Crippen molar-refractivity contribution in [2.24, 2.45) is 35.5 Å². The zero-order valence-electron chi connectivity index (χ0n) is 29.8. The Balaban J connectivity index is -0.000000514. The van der Waals surface area contributed by atoms with E-state index in [2.05, 4.69) is 83.1 Å². The second kappa shape index (κ2) is 25.5. The zero-order valence-corrected chi connectivity index (χ0v) is 34.2. The van der Waals surface area contributed by atoms with Gasteiger partial charge in [0.05, 0.1) is 0 Å². The van der Waals surface area contributed by atoms with E-state index in [0.29, 0.717) is 47.0 Å². The van der Waals surface area contributed by atoms with Crippen molar-refractivity contribution in [3.8, 4) is 11.5 Å². The zero-order chi connectivity index (χ0) is 32.9. The molecule has 0 unspecified atom stereocenters. The Bertz CT molecular complexity index is 749. The standard InChI is InChI=1S/2C12H28OSi.2C6H6O.Zr/c2*1-10(2)7-14(13,8-11(3)4)9-12(5)6;2*7-6-4-2-1-3-5-6;/h2*10-13H,7-9H2,1-6H3;2*1-5,7H;. The van der Waals surface area contributed by atoms with Crippen molar-refractivity contribution in [1.82, 2.24) is 0 Å². The number of hydrogen-bond donors (Lipinski definition) is 4. The van der Waals surface area contributed by atoms with Crippen LogP contribution in [-0.2, 0) is 26.2 Å². The third-order valence-corrected chi connectivity index (χ3v) is 15.7. The summed E-state index contributed by atoms with van der Waals surface area (Å²) in [4.78, 5) is 21.3. The Labute approximate surface area is 288 Å². The molecular weight excluding hydrogens is 644 g/mol. The molecule has 0 aromatic heterocycles. The number of hydrogen-bond acceptors (Lipinski definition) is 4. The molecule has 0 spiro atoms. The van der Waals surface area contributed by atoms with Crippen LogP contribution in [0.5, 0.6) is 11.5 Å². The van der Waals surface area contributed by atoms with Crippen molar-refractivity contribution < 1.29 is 46.0 Å². The third-order valence-electron chi connectivity index (χ3n) is 6.24. The fourth-order valence-electron chi connectivity index (χ4n) is 5.92. The van der Waals surface area contributed by atoms with Gasteiger partial charge in [-0.05, 0) is 96.0 Å². The fraction of sp³-hybridized carbons (Fsp3) is 0.667. The summed E-state index contributed by atoms with van der Waals surface area (Å²) in [7, 11) is -3.88. The molecule has 0 radical (unpaired) electrons. The van der Waals surface area contributed by atoms with Gasteiger partial charge in [-0.3, -0.25) is 0 Å². The summed E-state index contributed by atoms with van der Waals surface area (Å²) in [6, 6.07) is 23.9. The molecule has 0 saturated heterocycles. The van der Waals surface area contributed by atoms with Crippen LogP contribution in [0.15, 0.2) is 60.7 Å². The molecule has 0 atom stereocenters. The van der Waals surface area contributed by atoms with E-state index in [0.717, 1.165) is 36.3 Å². The molecule has 0 heterocycles. The summed E-state index contributed by atoms with van der Waals surface area (Å²) in [6.07, 6.45) is 0. The third kappa shape index (κ3) is 31.1. The maximum atomic E-state index is 10.7. The Morgan fingerprint density at radius 1 is 0.395 bits per heavy atom. The molecule has 2 aromatic carbocycles. The molecule has 0 fully saturated rings. The maximum absolute atomic E-state index is 10.7. The van der Waals surface area contributed by atoms with Gasteiger partial charge in [-0.15, -0.1) is 0 Å². The van der Waals surface area contributed by atoms with Crippen LogP contribution in [0.1, 0.15) is 83.1 Å². The van der Waals surface area contributed by atoms with E-state index < -0.39 is 16.6 Å². The molecule has 0 saturated carbocycles. The van der Waals surface area contributed by atoms with Gasteiger partial charge in [-0.1, -0.05) is 119 Å². The van der Waals surface area contributed by atoms with Crippen molar-refractivity contribution in [1.29, 1.82) is 0 Å². The first kappa shape index (κ1) is 46.7. The van der Waals surface area contributed by atoms with E-state index in [9.17, 15) is 9.59 Å². The van der Waals surface area contributed by atoms with Crippen LogP contribution in [0.25, 0.3) is 0 Å². The quantitative estimate of drug-likeness (QED) is 0.165. The van der Waals surface area contributed by atoms with Crippen molar-refractivity contribution in [2.45, 2.75) is 119 Å². The van der Waals surface area contributed by atoms with Gasteiger partial charge in [0.15, 0.2) is 16.6 Å². The van der Waals surface area contributed by atoms with E-state index in [1.807, 2.05) is 12.1 Å². The van der Waals surface area contributed by atoms with E-state index in [1.54, 1.807) is 48.5 Å². The monoisotopic (exact) mass is 710 g/mol. The Morgan fingerprint density at radius 2 is 0.558 bits per heavy atom. The van der Waals surface area contributed by atoms with Gasteiger partial charge in [0, 0.05) is 26.2 Å². The molecule has 7 heteroatoms. The summed E-state index contributed by atoms with van der Waals surface area (Å²) in [5, 5.41) is 17.3. The van der Waals surface area contributed by atoms with Crippen molar-refractivity contribution in [3.63, 3.8) is 0 Å². The van der Waals surface area contributed by atoms with Gasteiger partial charge in [0.25, 0.3) is 0 Å². The van der Waals surface area contributed by atoms with Crippen molar-refractivity contribution in [2.75, 3.05) is 0 Å². The fourth-order valence-corrected chi connectivity index (χ4v) is 16.0. The molecule has 43 heavy (non-hydrogen) atoms. The van der Waals surface area contributed by atoms with Gasteiger partial charge in [0.1, 0.15) is 11.5 Å². The van der Waals surface area contributed by atoms with Crippen LogP contribution in [0.3, 0.4) is 0 Å². The molecule has 2 rings (SSSR count). The van der Waals surface area contributed by atoms with Gasteiger partial charge >= 0.3 is 0 Å². The molecule has 0 aliphatic carbocycles. The Morgan fingerprint density at radius 3 is 0.651 bits per heavy atom. The summed E-state index contributed by atoms with van der Waals surface area (Å²) in [5.74, 6) is 4.50. The molecule has 0 aliphatic heterocycles. The first-order valence-corrected chi connectivity index (χ1v) is 21.4. The van der Waals surface area contributed by atoms with E-state index >= 15 is 0 Å². The van der Waals surface area contributed by atoms with E-state index in [1.165, 1.54) is 0 Å². The topological polar surface area (TPSA) is 80.9 Å². The van der Waals surface area contributed by atoms with Gasteiger partial charge in [-0.25, -0.2) is 0 Å². The van der Waals surface area contributed by atoms with Gasteiger partial charge in [-0.2, -0.15) is 0 Å². The molecular formula is C36H68O4Si2Zr. The first-order chi connectivity index (χ1) is 19.3.